The molecule has 0 bridgehead atoms. The zero-order valence-electron chi connectivity index (χ0n) is 17.9. The third-order valence-electron chi connectivity index (χ3n) is 5.88. The first kappa shape index (κ1) is 21.4. The lowest BCUT2D eigenvalue weighted by Crippen LogP contribution is -2.51. The van der Waals surface area contributed by atoms with E-state index < -0.39 is 7.12 Å². The van der Waals surface area contributed by atoms with E-state index in [0.717, 1.165) is 38.4 Å². The van der Waals surface area contributed by atoms with Crippen LogP contribution < -0.4 is 20.4 Å². The van der Waals surface area contributed by atoms with Crippen LogP contribution in [0, 0.1) is 6.92 Å². The summed E-state index contributed by atoms with van der Waals surface area (Å²) in [6.07, 6.45) is 1.08. The Bertz CT molecular complexity index is 997. The highest BCUT2D eigenvalue weighted by Crippen LogP contribution is 2.37. The van der Waals surface area contributed by atoms with Crippen LogP contribution in [0.2, 0.25) is 0 Å². The van der Waals surface area contributed by atoms with Crippen molar-refractivity contribution in [2.45, 2.75) is 19.4 Å². The predicted molar refractivity (Wildman–Crippen MR) is 127 cm³/mol. The minimum absolute atomic E-state index is 0.525. The van der Waals surface area contributed by atoms with Gasteiger partial charge in [-0.2, -0.15) is 0 Å². The summed E-state index contributed by atoms with van der Waals surface area (Å²) in [4.78, 5) is 2.53. The van der Waals surface area contributed by atoms with Crippen LogP contribution in [0.15, 0.2) is 72.8 Å². The van der Waals surface area contributed by atoms with E-state index in [-0.39, 0.29) is 0 Å². The van der Waals surface area contributed by atoms with E-state index in [0.29, 0.717) is 11.5 Å². The molecule has 160 valence electrons. The first-order chi connectivity index (χ1) is 15.1. The molecule has 1 saturated heterocycles. The number of nitrogens with one attached hydrogen (secondary N) is 1. The Kier molecular flexibility index (Phi) is 6.92. The van der Waals surface area contributed by atoms with Crippen LogP contribution in [-0.2, 0) is 0 Å². The molecule has 3 aromatic carbocycles. The highest BCUT2D eigenvalue weighted by Gasteiger charge is 2.27. The molecule has 1 atom stereocenters. The molecule has 0 aromatic heterocycles. The van der Waals surface area contributed by atoms with Gasteiger partial charge in [0.05, 0.1) is 12.3 Å². The molecule has 0 spiro atoms. The number of aryl methyl sites for hydroxylation is 1. The number of anilines is 1. The van der Waals surface area contributed by atoms with Crippen LogP contribution in [0.3, 0.4) is 0 Å². The molecule has 5 nitrogen and oxygen atoms in total. The van der Waals surface area contributed by atoms with Crippen molar-refractivity contribution in [3.63, 3.8) is 0 Å². The molecule has 2 aliphatic rings. The number of ether oxygens (including phenoxy) is 1. The van der Waals surface area contributed by atoms with Crippen molar-refractivity contribution in [1.29, 1.82) is 0 Å². The number of piperazine rings is 1. The van der Waals surface area contributed by atoms with Gasteiger partial charge in [-0.15, -0.1) is 0 Å². The van der Waals surface area contributed by atoms with Gasteiger partial charge in [-0.05, 0) is 41.2 Å². The molecule has 0 amide bonds. The maximum Gasteiger partial charge on any atom is 0.488 e. The zero-order chi connectivity index (χ0) is 21.6. The molecule has 0 radical (unpaired) electrons. The van der Waals surface area contributed by atoms with Crippen molar-refractivity contribution in [2.75, 3.05) is 31.1 Å². The van der Waals surface area contributed by atoms with Crippen molar-refractivity contribution in [2.24, 2.45) is 0 Å². The Morgan fingerprint density at radius 3 is 2.52 bits per heavy atom. The van der Waals surface area contributed by atoms with Gasteiger partial charge in [0, 0.05) is 32.1 Å². The molecule has 0 unspecified atom stereocenters. The Balaban J connectivity index is 0.000000217. The Morgan fingerprint density at radius 1 is 1.00 bits per heavy atom. The summed E-state index contributed by atoms with van der Waals surface area (Å²) in [5, 5.41) is 20.7. The molecule has 0 saturated carbocycles. The Morgan fingerprint density at radius 2 is 1.77 bits per heavy atom. The lowest BCUT2D eigenvalue weighted by atomic mass is 9.81. The molecule has 3 aromatic rings. The number of benzene rings is 3. The summed E-state index contributed by atoms with van der Waals surface area (Å²) in [5.74, 6) is 1.03. The summed E-state index contributed by atoms with van der Waals surface area (Å²) in [7, 11) is -1.34. The smallest absolute Gasteiger partial charge is 0.488 e. The largest absolute Gasteiger partial charge is 0.491 e. The monoisotopic (exact) mass is 416 g/mol. The molecular weight excluding hydrogens is 387 g/mol. The molecular formula is C25H29BN2O3. The van der Waals surface area contributed by atoms with Gasteiger partial charge < -0.3 is 25.0 Å². The Labute approximate surface area is 184 Å². The summed E-state index contributed by atoms with van der Waals surface area (Å²) < 4.78 is 5.99. The minimum Gasteiger partial charge on any atom is -0.491 e. The second-order valence-corrected chi connectivity index (χ2v) is 7.97. The van der Waals surface area contributed by atoms with Gasteiger partial charge in [0.2, 0.25) is 0 Å². The fourth-order valence-electron chi connectivity index (χ4n) is 4.19. The van der Waals surface area contributed by atoms with Crippen molar-refractivity contribution < 1.29 is 14.8 Å². The maximum atomic E-state index is 8.58. The maximum absolute atomic E-state index is 8.58. The van der Waals surface area contributed by atoms with E-state index in [4.69, 9.17) is 14.8 Å². The summed E-state index contributed by atoms with van der Waals surface area (Å²) in [6, 6.07) is 24.4. The first-order valence-corrected chi connectivity index (χ1v) is 10.8. The van der Waals surface area contributed by atoms with Crippen LogP contribution in [0.4, 0.5) is 5.69 Å². The second-order valence-electron chi connectivity index (χ2n) is 7.97. The van der Waals surface area contributed by atoms with Gasteiger partial charge in [-0.3, -0.25) is 0 Å². The van der Waals surface area contributed by atoms with Crippen molar-refractivity contribution >= 4 is 18.3 Å². The lowest BCUT2D eigenvalue weighted by Gasteiger charge is -2.36. The van der Waals surface area contributed by atoms with Gasteiger partial charge >= 0.3 is 7.12 Å². The van der Waals surface area contributed by atoms with Crippen LogP contribution >= 0.6 is 0 Å². The van der Waals surface area contributed by atoms with Gasteiger partial charge in [-0.1, -0.05) is 60.7 Å². The zero-order valence-corrected chi connectivity index (χ0v) is 17.9. The summed E-state index contributed by atoms with van der Waals surface area (Å²) in [5.41, 5.74) is 5.68. The van der Waals surface area contributed by atoms with E-state index >= 15 is 0 Å². The second kappa shape index (κ2) is 10.0. The molecule has 31 heavy (non-hydrogen) atoms. The number of hydrogen-bond donors (Lipinski definition) is 3. The average Bonchev–Trinajstić information content (AvgIpc) is 2.99. The van der Waals surface area contributed by atoms with Crippen molar-refractivity contribution in [3.05, 3.63) is 78.4 Å². The molecule has 6 heteroatoms. The van der Waals surface area contributed by atoms with Crippen LogP contribution in [-0.4, -0.2) is 49.4 Å². The van der Waals surface area contributed by atoms with Crippen LogP contribution in [0.1, 0.15) is 12.0 Å². The third kappa shape index (κ3) is 5.10. The fourth-order valence-corrected chi connectivity index (χ4v) is 4.19. The first-order valence-electron chi connectivity index (χ1n) is 10.8. The molecule has 5 rings (SSSR count). The number of nitrogens with zero attached hydrogens (tertiary/aromatic N) is 1. The number of hydrogen-bond acceptors (Lipinski definition) is 5. The minimum atomic E-state index is -1.34. The van der Waals surface area contributed by atoms with Gasteiger partial charge in [0.1, 0.15) is 5.75 Å². The van der Waals surface area contributed by atoms with E-state index in [9.17, 15) is 0 Å². The molecule has 0 aliphatic carbocycles. The number of fused-ring (bicyclic) bond motifs is 3. The molecule has 2 heterocycles. The van der Waals surface area contributed by atoms with E-state index in [2.05, 4.69) is 59.6 Å². The Hall–Kier alpha value is -2.80. The van der Waals surface area contributed by atoms with Gasteiger partial charge in [0.15, 0.2) is 0 Å². The average molecular weight is 416 g/mol. The van der Waals surface area contributed by atoms with E-state index in [1.54, 1.807) is 24.3 Å². The van der Waals surface area contributed by atoms with Gasteiger partial charge in [0.25, 0.3) is 0 Å². The van der Waals surface area contributed by atoms with Crippen LogP contribution in [0.25, 0.3) is 11.1 Å². The van der Waals surface area contributed by atoms with E-state index in [1.807, 2.05) is 6.07 Å². The topological polar surface area (TPSA) is 65.0 Å². The van der Waals surface area contributed by atoms with Crippen molar-refractivity contribution in [1.82, 2.24) is 5.32 Å². The fraction of sp³-hybridized carbons (Fsp3) is 0.280. The highest BCUT2D eigenvalue weighted by molar-refractivity contribution is 6.58. The third-order valence-corrected chi connectivity index (χ3v) is 5.88. The predicted octanol–water partition coefficient (Wildman–Crippen LogP) is 2.59. The summed E-state index contributed by atoms with van der Waals surface area (Å²) >= 11 is 0. The summed E-state index contributed by atoms with van der Waals surface area (Å²) in [6.45, 7) is 6.13. The number of rotatable bonds is 2. The molecule has 3 N–H and O–H groups in total. The SMILES string of the molecule is Cc1ccccc1-c1ccc2c(c1)N1CCNC[C@@H]1CCO2.OB(O)c1ccccc1. The lowest BCUT2D eigenvalue weighted by molar-refractivity contribution is 0.304. The molecule has 1 fully saturated rings. The molecule has 2 aliphatic heterocycles. The van der Waals surface area contributed by atoms with Crippen LogP contribution in [0.5, 0.6) is 5.75 Å². The van der Waals surface area contributed by atoms with Gasteiger partial charge in [-0.25, -0.2) is 0 Å². The standard InChI is InChI=1S/C19H22N2O.C6H7BO2/c1-14-4-2-3-5-17(14)15-6-7-19-18(12-15)21-10-9-20-13-16(21)8-11-22-19;8-7(9)6-4-2-1-3-5-6/h2-7,12,16,20H,8-11,13H2,1H3;1-5,8-9H/t16-;/m0./s1. The quantitative estimate of drug-likeness (QED) is 0.561. The van der Waals surface area contributed by atoms with E-state index in [1.165, 1.54) is 22.4 Å². The normalized spacial score (nSPS) is 17.3. The highest BCUT2D eigenvalue weighted by atomic mass is 16.5. The van der Waals surface area contributed by atoms with Crippen molar-refractivity contribution in [3.8, 4) is 16.9 Å².